The van der Waals surface area contributed by atoms with Crippen molar-refractivity contribution in [3.8, 4) is 6.07 Å². The van der Waals surface area contributed by atoms with Crippen LogP contribution in [0, 0.1) is 31.1 Å². The Bertz CT molecular complexity index is 1130. The fraction of sp³-hybridized carbons (Fsp3) is 0.524. The number of carbonyl (C=O) groups excluding carboxylic acids is 1. The minimum Gasteiger partial charge on any atom is -0.344 e. The number of amides is 1. The summed E-state index contributed by atoms with van der Waals surface area (Å²) in [6, 6.07) is 1.79. The number of nitriles is 1. The first-order valence-electron chi connectivity index (χ1n) is 10.3. The Morgan fingerprint density at radius 3 is 2.80 bits per heavy atom. The van der Waals surface area contributed by atoms with Gasteiger partial charge in [0.1, 0.15) is 17.7 Å². The normalized spacial score (nSPS) is 14.8. The first-order valence-corrected chi connectivity index (χ1v) is 10.3. The molecule has 1 aliphatic carbocycles. The topological polar surface area (TPSA) is 122 Å². The highest BCUT2D eigenvalue weighted by Crippen LogP contribution is 2.38. The number of nitrogens with one attached hydrogen (secondary N) is 1. The molecule has 9 nitrogen and oxygen atoms in total. The Hall–Kier alpha value is -3.28. The third kappa shape index (κ3) is 3.77. The van der Waals surface area contributed by atoms with Crippen molar-refractivity contribution >= 4 is 11.6 Å². The lowest BCUT2D eigenvalue weighted by Crippen LogP contribution is -2.32. The van der Waals surface area contributed by atoms with E-state index in [2.05, 4.69) is 31.6 Å². The van der Waals surface area contributed by atoms with Crippen LogP contribution in [0.3, 0.4) is 0 Å². The lowest BCUT2D eigenvalue weighted by Gasteiger charge is -2.19. The van der Waals surface area contributed by atoms with Crippen LogP contribution < -0.4 is 5.32 Å². The molecule has 30 heavy (non-hydrogen) atoms. The monoisotopic (exact) mass is 407 g/mol. The molecule has 1 amide bonds. The molecule has 0 radical (unpaired) electrons. The van der Waals surface area contributed by atoms with E-state index >= 15 is 0 Å². The molecule has 0 spiro atoms. The van der Waals surface area contributed by atoms with E-state index in [1.165, 1.54) is 6.20 Å². The summed E-state index contributed by atoms with van der Waals surface area (Å²) in [7, 11) is 0. The van der Waals surface area contributed by atoms with Crippen LogP contribution in [0.25, 0.3) is 5.65 Å². The van der Waals surface area contributed by atoms with Gasteiger partial charge in [-0.05, 0) is 44.6 Å². The number of nitrogens with zero attached hydrogens (tertiary/aromatic N) is 6. The second-order valence-corrected chi connectivity index (χ2v) is 8.22. The van der Waals surface area contributed by atoms with Gasteiger partial charge in [0.05, 0.1) is 6.20 Å². The lowest BCUT2D eigenvalue weighted by molar-refractivity contribution is -0.122. The molecule has 3 aromatic rings. The maximum atomic E-state index is 12.7. The predicted molar refractivity (Wildman–Crippen MR) is 107 cm³/mol. The van der Waals surface area contributed by atoms with Gasteiger partial charge in [0, 0.05) is 23.7 Å². The second kappa shape index (κ2) is 7.86. The molecule has 4 rings (SSSR count). The molecule has 1 N–H and O–H groups in total. The van der Waals surface area contributed by atoms with Gasteiger partial charge in [0.15, 0.2) is 11.5 Å². The van der Waals surface area contributed by atoms with E-state index in [0.29, 0.717) is 35.9 Å². The number of hydrogen-bond acceptors (Lipinski definition) is 7. The van der Waals surface area contributed by atoms with Crippen molar-refractivity contribution < 1.29 is 9.32 Å². The fourth-order valence-corrected chi connectivity index (χ4v) is 3.63. The van der Waals surface area contributed by atoms with Crippen LogP contribution in [0.2, 0.25) is 0 Å². The van der Waals surface area contributed by atoms with Gasteiger partial charge in [-0.25, -0.2) is 9.50 Å². The molecule has 0 bridgehead atoms. The summed E-state index contributed by atoms with van der Waals surface area (Å²) < 4.78 is 7.09. The van der Waals surface area contributed by atoms with Crippen LogP contribution in [0.5, 0.6) is 0 Å². The molecule has 0 aromatic carbocycles. The summed E-state index contributed by atoms with van der Waals surface area (Å²) in [6.07, 6.45) is 4.53. The van der Waals surface area contributed by atoms with Crippen molar-refractivity contribution in [1.29, 1.82) is 5.26 Å². The van der Waals surface area contributed by atoms with Crippen LogP contribution in [0.4, 0.5) is 0 Å². The standard InChI is InChI=1S/C21H25N7O2/c1-11(2)18(21-26-19(27-30-21)14-5-6-14)25-17(29)8-7-16-12(3)24-20-15(9-22)10-23-28(20)13(16)4/h10-11,14,18H,5-8H2,1-4H3,(H,25,29). The average molecular weight is 407 g/mol. The van der Waals surface area contributed by atoms with E-state index in [-0.39, 0.29) is 17.9 Å². The van der Waals surface area contributed by atoms with Gasteiger partial charge in [-0.1, -0.05) is 19.0 Å². The molecule has 1 atom stereocenters. The maximum Gasteiger partial charge on any atom is 0.249 e. The van der Waals surface area contributed by atoms with Crippen LogP contribution >= 0.6 is 0 Å². The third-order valence-corrected chi connectivity index (χ3v) is 5.58. The summed E-state index contributed by atoms with van der Waals surface area (Å²) in [6.45, 7) is 7.85. The highest BCUT2D eigenvalue weighted by atomic mass is 16.5. The van der Waals surface area contributed by atoms with Gasteiger partial charge in [-0.3, -0.25) is 4.79 Å². The number of rotatable bonds is 7. The van der Waals surface area contributed by atoms with Crippen LogP contribution in [0.1, 0.15) is 79.3 Å². The number of aryl methyl sites for hydroxylation is 2. The van der Waals surface area contributed by atoms with E-state index in [4.69, 9.17) is 4.52 Å². The zero-order chi connectivity index (χ0) is 21.4. The molecule has 3 heterocycles. The van der Waals surface area contributed by atoms with E-state index in [0.717, 1.165) is 35.6 Å². The summed E-state index contributed by atoms with van der Waals surface area (Å²) in [5.41, 5.74) is 3.63. The van der Waals surface area contributed by atoms with Crippen LogP contribution in [-0.2, 0) is 11.2 Å². The quantitative estimate of drug-likeness (QED) is 0.639. The molecule has 156 valence electrons. The molecule has 9 heteroatoms. The predicted octanol–water partition coefficient (Wildman–Crippen LogP) is 2.92. The van der Waals surface area contributed by atoms with Gasteiger partial charge in [-0.2, -0.15) is 15.3 Å². The van der Waals surface area contributed by atoms with E-state index < -0.39 is 0 Å². The Morgan fingerprint density at radius 1 is 1.37 bits per heavy atom. The van der Waals surface area contributed by atoms with Crippen molar-refractivity contribution in [2.75, 3.05) is 0 Å². The average Bonchev–Trinajstić information content (AvgIpc) is 3.30. The molecule has 0 aliphatic heterocycles. The molecule has 1 saturated carbocycles. The zero-order valence-corrected chi connectivity index (χ0v) is 17.6. The van der Waals surface area contributed by atoms with Gasteiger partial charge in [0.25, 0.3) is 0 Å². The molecule has 3 aromatic heterocycles. The van der Waals surface area contributed by atoms with Crippen LogP contribution in [-0.4, -0.2) is 30.6 Å². The Labute approximate surface area is 174 Å². The number of fused-ring (bicyclic) bond motifs is 1. The highest BCUT2D eigenvalue weighted by molar-refractivity contribution is 5.76. The summed E-state index contributed by atoms with van der Waals surface area (Å²) >= 11 is 0. The highest BCUT2D eigenvalue weighted by Gasteiger charge is 2.31. The summed E-state index contributed by atoms with van der Waals surface area (Å²) in [5, 5.41) is 20.6. The molecular formula is C21H25N7O2. The molecule has 1 fully saturated rings. The van der Waals surface area contributed by atoms with E-state index in [1.807, 2.05) is 27.7 Å². The van der Waals surface area contributed by atoms with Crippen molar-refractivity contribution in [2.45, 2.75) is 65.3 Å². The van der Waals surface area contributed by atoms with Crippen molar-refractivity contribution in [2.24, 2.45) is 5.92 Å². The SMILES string of the molecule is Cc1nc2c(C#N)cnn2c(C)c1CCC(=O)NC(c1nc(C2CC2)no1)C(C)C. The zero-order valence-electron chi connectivity index (χ0n) is 17.6. The molecule has 0 saturated heterocycles. The lowest BCUT2D eigenvalue weighted by atomic mass is 10.0. The fourth-order valence-electron chi connectivity index (χ4n) is 3.63. The van der Waals surface area contributed by atoms with Gasteiger partial charge in [0.2, 0.25) is 11.8 Å². The summed E-state index contributed by atoms with van der Waals surface area (Å²) in [4.78, 5) is 21.7. The summed E-state index contributed by atoms with van der Waals surface area (Å²) in [5.74, 6) is 1.65. The minimum absolute atomic E-state index is 0.0862. The Balaban J connectivity index is 1.46. The molecule has 1 aliphatic rings. The van der Waals surface area contributed by atoms with Crippen molar-refractivity contribution in [3.05, 3.63) is 40.4 Å². The number of hydrogen-bond donors (Lipinski definition) is 1. The molecule has 1 unspecified atom stereocenters. The van der Waals surface area contributed by atoms with Crippen LogP contribution in [0.15, 0.2) is 10.7 Å². The first kappa shape index (κ1) is 20.0. The Kier molecular flexibility index (Phi) is 5.24. The second-order valence-electron chi connectivity index (χ2n) is 8.22. The van der Waals surface area contributed by atoms with Gasteiger partial charge >= 0.3 is 0 Å². The van der Waals surface area contributed by atoms with E-state index in [1.54, 1.807) is 4.52 Å². The van der Waals surface area contributed by atoms with Crippen molar-refractivity contribution in [3.63, 3.8) is 0 Å². The largest absolute Gasteiger partial charge is 0.344 e. The molecular weight excluding hydrogens is 382 g/mol. The Morgan fingerprint density at radius 2 is 2.13 bits per heavy atom. The first-order chi connectivity index (χ1) is 14.4. The van der Waals surface area contributed by atoms with Gasteiger partial charge < -0.3 is 9.84 Å². The smallest absolute Gasteiger partial charge is 0.249 e. The van der Waals surface area contributed by atoms with E-state index in [9.17, 15) is 10.1 Å². The minimum atomic E-state index is -0.315. The maximum absolute atomic E-state index is 12.7. The number of carbonyl (C=O) groups is 1. The van der Waals surface area contributed by atoms with Crippen molar-refractivity contribution in [1.82, 2.24) is 30.1 Å². The number of aromatic nitrogens is 5. The third-order valence-electron chi connectivity index (χ3n) is 5.58. The van der Waals surface area contributed by atoms with Gasteiger partial charge in [-0.15, -0.1) is 0 Å².